The van der Waals surface area contributed by atoms with Gasteiger partial charge in [-0.15, -0.1) is 0 Å². The minimum Gasteiger partial charge on any atom is -0.482 e. The highest BCUT2D eigenvalue weighted by molar-refractivity contribution is 5.78. The molecule has 2 aliphatic carbocycles. The Morgan fingerprint density at radius 1 is 1.08 bits per heavy atom. The molecule has 0 radical (unpaired) electrons. The monoisotopic (exact) mass is 336 g/mol. The fourth-order valence-corrected chi connectivity index (χ4v) is 4.60. The number of rotatable bonds is 5. The van der Waals surface area contributed by atoms with Crippen molar-refractivity contribution in [1.29, 1.82) is 0 Å². The van der Waals surface area contributed by atoms with Crippen molar-refractivity contribution in [2.75, 3.05) is 6.61 Å². The zero-order valence-corrected chi connectivity index (χ0v) is 14.3. The van der Waals surface area contributed by atoms with Gasteiger partial charge < -0.3 is 10.1 Å². The Labute approximate surface area is 148 Å². The highest BCUT2D eigenvalue weighted by Gasteiger charge is 2.51. The average Bonchev–Trinajstić information content (AvgIpc) is 2.66. The summed E-state index contributed by atoms with van der Waals surface area (Å²) in [7, 11) is 0. The minimum absolute atomic E-state index is 0.0427. The molecule has 130 valence electrons. The van der Waals surface area contributed by atoms with E-state index in [0.29, 0.717) is 23.5 Å². The van der Waals surface area contributed by atoms with Gasteiger partial charge in [-0.3, -0.25) is 9.78 Å². The van der Waals surface area contributed by atoms with Gasteiger partial charge in [0.1, 0.15) is 5.75 Å². The largest absolute Gasteiger partial charge is 0.482 e. The Kier molecular flexibility index (Phi) is 4.68. The standard InChI is InChI=1S/C21H24N2O2/c24-19(14-25-16-9-6-12-22-13-16)23-21-18-11-5-4-10-17(18)20(21)15-7-2-1-3-8-15/h1-3,6-9,12-13,17-18,20-21H,4-5,10-11,14H2,(H,23,24)/t17-,18-,20-,21-/m0/s1. The van der Waals surface area contributed by atoms with Gasteiger partial charge in [0.05, 0.1) is 6.20 Å². The number of amides is 1. The van der Waals surface area contributed by atoms with Gasteiger partial charge in [-0.2, -0.15) is 0 Å². The second-order valence-electron chi connectivity index (χ2n) is 7.12. The molecular weight excluding hydrogens is 312 g/mol. The van der Waals surface area contributed by atoms with E-state index < -0.39 is 0 Å². The Morgan fingerprint density at radius 3 is 2.64 bits per heavy atom. The van der Waals surface area contributed by atoms with Crippen molar-refractivity contribution >= 4 is 5.91 Å². The summed E-state index contributed by atoms with van der Waals surface area (Å²) in [6, 6.07) is 14.5. The first-order chi connectivity index (χ1) is 12.3. The molecule has 25 heavy (non-hydrogen) atoms. The molecular formula is C21H24N2O2. The quantitative estimate of drug-likeness (QED) is 0.908. The summed E-state index contributed by atoms with van der Waals surface area (Å²) in [5.41, 5.74) is 1.35. The maximum atomic E-state index is 12.4. The van der Waals surface area contributed by atoms with Gasteiger partial charge in [0.25, 0.3) is 5.91 Å². The number of aromatic nitrogens is 1. The van der Waals surface area contributed by atoms with E-state index in [0.717, 1.165) is 0 Å². The molecule has 2 aliphatic rings. The molecule has 4 heteroatoms. The molecule has 0 bridgehead atoms. The predicted molar refractivity (Wildman–Crippen MR) is 96.3 cm³/mol. The van der Waals surface area contributed by atoms with Crippen molar-refractivity contribution in [2.45, 2.75) is 37.6 Å². The Hall–Kier alpha value is -2.36. The first-order valence-corrected chi connectivity index (χ1v) is 9.20. The van der Waals surface area contributed by atoms with Crippen LogP contribution in [0.25, 0.3) is 0 Å². The van der Waals surface area contributed by atoms with Crippen LogP contribution < -0.4 is 10.1 Å². The van der Waals surface area contributed by atoms with Crippen LogP contribution in [0.2, 0.25) is 0 Å². The van der Waals surface area contributed by atoms with Crippen molar-refractivity contribution < 1.29 is 9.53 Å². The number of carbonyl (C=O) groups excluding carboxylic acids is 1. The van der Waals surface area contributed by atoms with Crippen molar-refractivity contribution in [1.82, 2.24) is 10.3 Å². The van der Waals surface area contributed by atoms with E-state index in [9.17, 15) is 4.79 Å². The molecule has 0 unspecified atom stereocenters. The highest BCUT2D eigenvalue weighted by atomic mass is 16.5. The second-order valence-corrected chi connectivity index (χ2v) is 7.12. The summed E-state index contributed by atoms with van der Waals surface area (Å²) < 4.78 is 5.54. The van der Waals surface area contributed by atoms with Crippen LogP contribution >= 0.6 is 0 Å². The Morgan fingerprint density at radius 2 is 1.88 bits per heavy atom. The van der Waals surface area contributed by atoms with Crippen LogP contribution in [0, 0.1) is 11.8 Å². The van der Waals surface area contributed by atoms with Crippen molar-refractivity contribution in [3.8, 4) is 5.75 Å². The number of nitrogens with one attached hydrogen (secondary N) is 1. The third-order valence-corrected chi connectivity index (χ3v) is 5.70. The molecule has 1 heterocycles. The number of nitrogens with zero attached hydrogens (tertiary/aromatic N) is 1. The van der Waals surface area contributed by atoms with Crippen molar-refractivity contribution in [3.63, 3.8) is 0 Å². The first-order valence-electron chi connectivity index (χ1n) is 9.20. The zero-order chi connectivity index (χ0) is 17.1. The summed E-state index contributed by atoms with van der Waals surface area (Å²) in [4.78, 5) is 16.4. The molecule has 1 N–H and O–H groups in total. The topological polar surface area (TPSA) is 51.2 Å². The Bertz CT molecular complexity index is 704. The molecule has 0 aliphatic heterocycles. The normalized spacial score (nSPS) is 27.7. The molecule has 1 aromatic heterocycles. The number of hydrogen-bond acceptors (Lipinski definition) is 3. The zero-order valence-electron chi connectivity index (χ0n) is 14.3. The molecule has 2 fully saturated rings. The first kappa shape index (κ1) is 16.1. The van der Waals surface area contributed by atoms with Gasteiger partial charge >= 0.3 is 0 Å². The van der Waals surface area contributed by atoms with Crippen LogP contribution in [0.5, 0.6) is 5.75 Å². The SMILES string of the molecule is O=C(COc1cccnc1)N[C@H]1[C@H]2CCCC[C@@H]2[C@@H]1c1ccccc1. The van der Waals surface area contributed by atoms with E-state index in [1.54, 1.807) is 18.5 Å². The highest BCUT2D eigenvalue weighted by Crippen LogP contribution is 2.54. The van der Waals surface area contributed by atoms with Crippen molar-refractivity contribution in [2.24, 2.45) is 11.8 Å². The third-order valence-electron chi connectivity index (χ3n) is 5.70. The molecule has 1 aromatic carbocycles. The van der Waals surface area contributed by atoms with Crippen LogP contribution in [0.4, 0.5) is 0 Å². The molecule has 4 atom stereocenters. The fraction of sp³-hybridized carbons (Fsp3) is 0.429. The number of benzene rings is 1. The van der Waals surface area contributed by atoms with Gasteiger partial charge in [0, 0.05) is 18.2 Å². The van der Waals surface area contributed by atoms with Crippen LogP contribution in [-0.4, -0.2) is 23.5 Å². The maximum Gasteiger partial charge on any atom is 0.258 e. The minimum atomic E-state index is -0.0428. The van der Waals surface area contributed by atoms with Crippen LogP contribution in [0.1, 0.15) is 37.2 Å². The Balaban J connectivity index is 1.41. The van der Waals surface area contributed by atoms with E-state index in [4.69, 9.17) is 4.74 Å². The van der Waals surface area contributed by atoms with E-state index in [2.05, 4.69) is 40.6 Å². The summed E-state index contributed by atoms with van der Waals surface area (Å²) in [5, 5.41) is 3.25. The molecule has 0 spiro atoms. The summed E-state index contributed by atoms with van der Waals surface area (Å²) in [5.74, 6) is 2.34. The van der Waals surface area contributed by atoms with E-state index in [-0.39, 0.29) is 18.6 Å². The van der Waals surface area contributed by atoms with E-state index in [1.807, 2.05) is 6.07 Å². The number of carbonyl (C=O) groups is 1. The number of hydrogen-bond donors (Lipinski definition) is 1. The summed E-state index contributed by atoms with van der Waals surface area (Å²) in [6.07, 6.45) is 8.41. The number of ether oxygens (including phenoxy) is 1. The molecule has 2 aromatic rings. The lowest BCUT2D eigenvalue weighted by Gasteiger charge is -2.55. The van der Waals surface area contributed by atoms with Gasteiger partial charge in [0.15, 0.2) is 6.61 Å². The molecule has 2 saturated carbocycles. The smallest absolute Gasteiger partial charge is 0.258 e. The average molecular weight is 336 g/mol. The molecule has 0 saturated heterocycles. The van der Waals surface area contributed by atoms with Gasteiger partial charge in [-0.25, -0.2) is 0 Å². The van der Waals surface area contributed by atoms with Crippen molar-refractivity contribution in [3.05, 3.63) is 60.4 Å². The molecule has 1 amide bonds. The van der Waals surface area contributed by atoms with E-state index in [1.165, 1.54) is 31.2 Å². The van der Waals surface area contributed by atoms with E-state index >= 15 is 0 Å². The van der Waals surface area contributed by atoms with Gasteiger partial charge in [0.2, 0.25) is 0 Å². The lowest BCUT2D eigenvalue weighted by atomic mass is 9.53. The molecule has 4 nitrogen and oxygen atoms in total. The third kappa shape index (κ3) is 3.39. The van der Waals surface area contributed by atoms with Crippen LogP contribution in [-0.2, 0) is 4.79 Å². The summed E-state index contributed by atoms with van der Waals surface area (Å²) >= 11 is 0. The molecule has 4 rings (SSSR count). The van der Waals surface area contributed by atoms with Crippen LogP contribution in [0.3, 0.4) is 0 Å². The lowest BCUT2D eigenvalue weighted by molar-refractivity contribution is -0.126. The van der Waals surface area contributed by atoms with Gasteiger partial charge in [-0.05, 0) is 42.4 Å². The van der Waals surface area contributed by atoms with Crippen LogP contribution in [0.15, 0.2) is 54.9 Å². The number of pyridine rings is 1. The second kappa shape index (κ2) is 7.26. The predicted octanol–water partition coefficient (Wildman–Crippen LogP) is 3.55. The lowest BCUT2D eigenvalue weighted by Crippen LogP contribution is -2.59. The fourth-order valence-electron chi connectivity index (χ4n) is 4.60. The van der Waals surface area contributed by atoms with Gasteiger partial charge in [-0.1, -0.05) is 43.2 Å². The number of fused-ring (bicyclic) bond motifs is 1. The summed E-state index contributed by atoms with van der Waals surface area (Å²) in [6.45, 7) is 0.0427. The maximum absolute atomic E-state index is 12.4.